The third-order valence-electron chi connectivity index (χ3n) is 5.53. The van der Waals surface area contributed by atoms with Crippen LogP contribution in [0.4, 0.5) is 0 Å². The van der Waals surface area contributed by atoms with E-state index in [0.29, 0.717) is 17.9 Å². The number of carbonyl (C=O) groups is 2. The Bertz CT molecular complexity index is 1360. The van der Waals surface area contributed by atoms with Gasteiger partial charge >= 0.3 is 11.9 Å². The van der Waals surface area contributed by atoms with Crippen molar-refractivity contribution in [3.05, 3.63) is 91.0 Å². The standard InChI is InChI=1S/C28H24O5/c1-4-26(29)31-16-6-7-19-8-10-20(11-9-19)22-14-15-24-23-13-12-21(32-27(30)5-2)17-25(23)33-28(24)18(22)3/h4-5,8-15,17H,1-2,6-7,16H2,3H3. The Labute approximate surface area is 191 Å². The zero-order valence-corrected chi connectivity index (χ0v) is 18.4. The largest absolute Gasteiger partial charge is 0.463 e. The van der Waals surface area contributed by atoms with Crippen molar-refractivity contribution >= 4 is 33.9 Å². The molecular weight excluding hydrogens is 416 g/mol. The zero-order valence-electron chi connectivity index (χ0n) is 18.4. The van der Waals surface area contributed by atoms with Crippen molar-refractivity contribution in [1.82, 2.24) is 0 Å². The summed E-state index contributed by atoms with van der Waals surface area (Å²) in [7, 11) is 0. The summed E-state index contributed by atoms with van der Waals surface area (Å²) in [4.78, 5) is 22.6. The molecule has 4 aromatic rings. The summed E-state index contributed by atoms with van der Waals surface area (Å²) < 4.78 is 16.4. The molecule has 4 rings (SSSR count). The number of rotatable bonds is 8. The van der Waals surface area contributed by atoms with Gasteiger partial charge in [-0.25, -0.2) is 9.59 Å². The van der Waals surface area contributed by atoms with Crippen LogP contribution in [0.3, 0.4) is 0 Å². The van der Waals surface area contributed by atoms with Crippen LogP contribution in [0.1, 0.15) is 17.5 Å². The average Bonchev–Trinajstić information content (AvgIpc) is 3.21. The third-order valence-corrected chi connectivity index (χ3v) is 5.53. The van der Waals surface area contributed by atoms with Crippen LogP contribution in [0.5, 0.6) is 5.75 Å². The maximum Gasteiger partial charge on any atom is 0.335 e. The van der Waals surface area contributed by atoms with Crippen LogP contribution >= 0.6 is 0 Å². The smallest absolute Gasteiger partial charge is 0.335 e. The fourth-order valence-electron chi connectivity index (χ4n) is 3.85. The molecular formula is C28H24O5. The van der Waals surface area contributed by atoms with Crippen LogP contribution in [0, 0.1) is 6.92 Å². The van der Waals surface area contributed by atoms with E-state index in [1.54, 1.807) is 12.1 Å². The molecule has 0 atom stereocenters. The molecule has 0 aliphatic carbocycles. The molecule has 0 fully saturated rings. The van der Waals surface area contributed by atoms with Crippen LogP contribution < -0.4 is 4.74 Å². The van der Waals surface area contributed by atoms with E-state index < -0.39 is 11.9 Å². The van der Waals surface area contributed by atoms with Gasteiger partial charge in [0, 0.05) is 34.6 Å². The van der Waals surface area contributed by atoms with E-state index >= 15 is 0 Å². The summed E-state index contributed by atoms with van der Waals surface area (Å²) in [5.74, 6) is -0.486. The average molecular weight is 440 g/mol. The Balaban J connectivity index is 1.56. The van der Waals surface area contributed by atoms with Gasteiger partial charge in [0.05, 0.1) is 6.61 Å². The van der Waals surface area contributed by atoms with Crippen LogP contribution in [0.25, 0.3) is 33.1 Å². The van der Waals surface area contributed by atoms with E-state index in [0.717, 1.165) is 52.0 Å². The number of ether oxygens (including phenoxy) is 2. The molecule has 5 heteroatoms. The third kappa shape index (κ3) is 4.72. The van der Waals surface area contributed by atoms with Gasteiger partial charge < -0.3 is 13.9 Å². The second kappa shape index (κ2) is 9.57. The minimum absolute atomic E-state index is 0.378. The first-order valence-corrected chi connectivity index (χ1v) is 10.7. The first-order valence-electron chi connectivity index (χ1n) is 10.7. The van der Waals surface area contributed by atoms with Gasteiger partial charge in [0.15, 0.2) is 0 Å². The predicted octanol–water partition coefficient (Wildman–Crippen LogP) is 6.31. The minimum atomic E-state index is -0.509. The molecule has 0 saturated heterocycles. The molecule has 0 aliphatic rings. The van der Waals surface area contributed by atoms with Gasteiger partial charge in [0.25, 0.3) is 0 Å². The van der Waals surface area contributed by atoms with Gasteiger partial charge in [-0.3, -0.25) is 0 Å². The lowest BCUT2D eigenvalue weighted by Crippen LogP contribution is -2.02. The van der Waals surface area contributed by atoms with Gasteiger partial charge in [0.2, 0.25) is 0 Å². The number of fused-ring (bicyclic) bond motifs is 3. The topological polar surface area (TPSA) is 65.7 Å². The fraction of sp³-hybridized carbons (Fsp3) is 0.143. The molecule has 1 aromatic heterocycles. The predicted molar refractivity (Wildman–Crippen MR) is 129 cm³/mol. The number of carbonyl (C=O) groups excluding carboxylic acids is 2. The van der Waals surface area contributed by atoms with Gasteiger partial charge in [-0.05, 0) is 54.7 Å². The van der Waals surface area contributed by atoms with Crippen molar-refractivity contribution in [2.75, 3.05) is 6.61 Å². The monoisotopic (exact) mass is 440 g/mol. The Morgan fingerprint density at radius 3 is 2.39 bits per heavy atom. The van der Waals surface area contributed by atoms with E-state index in [1.165, 1.54) is 11.6 Å². The van der Waals surface area contributed by atoms with Crippen molar-refractivity contribution in [3.63, 3.8) is 0 Å². The Morgan fingerprint density at radius 1 is 0.939 bits per heavy atom. The van der Waals surface area contributed by atoms with Gasteiger partial charge in [-0.1, -0.05) is 43.5 Å². The van der Waals surface area contributed by atoms with Gasteiger partial charge in [-0.15, -0.1) is 0 Å². The number of hydrogen-bond donors (Lipinski definition) is 0. The SMILES string of the molecule is C=CC(=O)OCCCc1ccc(-c2ccc3c(oc4cc(OC(=O)C=C)ccc43)c2C)cc1. The normalized spacial score (nSPS) is 10.8. The number of hydrogen-bond acceptors (Lipinski definition) is 5. The highest BCUT2D eigenvalue weighted by Gasteiger charge is 2.14. The van der Waals surface area contributed by atoms with Crippen molar-refractivity contribution < 1.29 is 23.5 Å². The molecule has 0 bridgehead atoms. The lowest BCUT2D eigenvalue weighted by atomic mass is 9.96. The number of esters is 2. The van der Waals surface area contributed by atoms with Crippen molar-refractivity contribution in [2.45, 2.75) is 19.8 Å². The molecule has 1 heterocycles. The molecule has 0 saturated carbocycles. The Morgan fingerprint density at radius 2 is 1.67 bits per heavy atom. The summed E-state index contributed by atoms with van der Waals surface area (Å²) in [5.41, 5.74) is 5.87. The summed E-state index contributed by atoms with van der Waals surface area (Å²) in [6.07, 6.45) is 3.88. The Kier molecular flexibility index (Phi) is 6.41. The van der Waals surface area contributed by atoms with E-state index in [4.69, 9.17) is 13.9 Å². The van der Waals surface area contributed by atoms with Gasteiger partial charge in [-0.2, -0.15) is 0 Å². The molecule has 0 spiro atoms. The van der Waals surface area contributed by atoms with Crippen LogP contribution in [0.2, 0.25) is 0 Å². The summed E-state index contributed by atoms with van der Waals surface area (Å²) >= 11 is 0. The fourth-order valence-corrected chi connectivity index (χ4v) is 3.85. The lowest BCUT2D eigenvalue weighted by Gasteiger charge is -2.08. The van der Waals surface area contributed by atoms with Crippen molar-refractivity contribution in [1.29, 1.82) is 0 Å². The molecule has 0 N–H and O–H groups in total. The molecule has 0 amide bonds. The molecule has 3 aromatic carbocycles. The summed E-state index contributed by atoms with van der Waals surface area (Å²) in [6, 6.07) is 17.9. The maximum absolute atomic E-state index is 11.5. The molecule has 5 nitrogen and oxygen atoms in total. The van der Waals surface area contributed by atoms with E-state index in [1.807, 2.05) is 13.0 Å². The van der Waals surface area contributed by atoms with E-state index in [9.17, 15) is 9.59 Å². The highest BCUT2D eigenvalue weighted by molar-refractivity contribution is 6.07. The second-order valence-corrected chi connectivity index (χ2v) is 7.67. The molecule has 0 unspecified atom stereocenters. The van der Waals surface area contributed by atoms with Crippen molar-refractivity contribution in [3.8, 4) is 16.9 Å². The molecule has 0 aliphatic heterocycles. The van der Waals surface area contributed by atoms with Gasteiger partial charge in [0.1, 0.15) is 16.9 Å². The summed E-state index contributed by atoms with van der Waals surface area (Å²) in [5, 5.41) is 1.98. The van der Waals surface area contributed by atoms with E-state index in [2.05, 4.69) is 49.6 Å². The Hall–Kier alpha value is -4.12. The summed E-state index contributed by atoms with van der Waals surface area (Å²) in [6.45, 7) is 9.23. The maximum atomic E-state index is 11.5. The number of benzene rings is 3. The lowest BCUT2D eigenvalue weighted by molar-refractivity contribution is -0.137. The molecule has 33 heavy (non-hydrogen) atoms. The van der Waals surface area contributed by atoms with Crippen molar-refractivity contribution in [2.24, 2.45) is 0 Å². The number of furan rings is 1. The first-order chi connectivity index (χ1) is 16.0. The minimum Gasteiger partial charge on any atom is -0.463 e. The quantitative estimate of drug-likeness (QED) is 0.139. The van der Waals surface area contributed by atoms with E-state index in [-0.39, 0.29) is 0 Å². The molecule has 0 radical (unpaired) electrons. The number of aryl methyl sites for hydroxylation is 2. The van der Waals surface area contributed by atoms with Crippen LogP contribution in [-0.2, 0) is 20.7 Å². The van der Waals surface area contributed by atoms with Crippen LogP contribution in [-0.4, -0.2) is 18.5 Å². The zero-order chi connectivity index (χ0) is 23.4. The highest BCUT2D eigenvalue weighted by Crippen LogP contribution is 2.37. The van der Waals surface area contributed by atoms with Crippen LogP contribution in [0.15, 0.2) is 84.3 Å². The molecule has 166 valence electrons. The highest BCUT2D eigenvalue weighted by atomic mass is 16.5. The second-order valence-electron chi connectivity index (χ2n) is 7.67. The first kappa shape index (κ1) is 22.1.